The smallest absolute Gasteiger partial charge is 0.301 e. The van der Waals surface area contributed by atoms with Crippen molar-refractivity contribution in [2.75, 3.05) is 0 Å². The molecule has 1 amide bonds. The van der Waals surface area contributed by atoms with Gasteiger partial charge in [-0.1, -0.05) is 18.2 Å². The lowest BCUT2D eigenvalue weighted by Gasteiger charge is -2.03. The first-order valence-corrected chi connectivity index (χ1v) is 4.61. The SMILES string of the molecule is NNC(=O)c1occc1-c1ccccc1O. The Morgan fingerprint density at radius 2 is 2.00 bits per heavy atom. The molecule has 16 heavy (non-hydrogen) atoms. The fraction of sp³-hybridized carbons (Fsp3) is 0. The average molecular weight is 218 g/mol. The molecule has 0 aliphatic heterocycles. The Morgan fingerprint density at radius 1 is 1.25 bits per heavy atom. The minimum atomic E-state index is -0.539. The number of benzene rings is 1. The number of nitrogen functional groups attached to an aromatic ring is 1. The first kappa shape index (κ1) is 10.3. The first-order chi connectivity index (χ1) is 7.74. The van der Waals surface area contributed by atoms with Crippen molar-refractivity contribution < 1.29 is 14.3 Å². The van der Waals surface area contributed by atoms with Gasteiger partial charge in [0.05, 0.1) is 6.26 Å². The van der Waals surface area contributed by atoms with E-state index in [0.717, 1.165) is 0 Å². The number of hydrogen-bond donors (Lipinski definition) is 3. The van der Waals surface area contributed by atoms with Crippen LogP contribution in [-0.2, 0) is 0 Å². The summed E-state index contributed by atoms with van der Waals surface area (Å²) in [4.78, 5) is 11.4. The molecule has 0 unspecified atom stereocenters. The van der Waals surface area contributed by atoms with Crippen molar-refractivity contribution in [1.29, 1.82) is 0 Å². The third kappa shape index (κ3) is 1.64. The van der Waals surface area contributed by atoms with Crippen LogP contribution in [0.15, 0.2) is 41.0 Å². The van der Waals surface area contributed by atoms with E-state index in [0.29, 0.717) is 11.1 Å². The molecule has 4 N–H and O–H groups in total. The highest BCUT2D eigenvalue weighted by Crippen LogP contribution is 2.31. The van der Waals surface area contributed by atoms with Crippen molar-refractivity contribution in [3.05, 3.63) is 42.4 Å². The van der Waals surface area contributed by atoms with E-state index in [1.54, 1.807) is 24.3 Å². The van der Waals surface area contributed by atoms with E-state index < -0.39 is 5.91 Å². The monoisotopic (exact) mass is 218 g/mol. The number of phenols is 1. The van der Waals surface area contributed by atoms with Crippen LogP contribution in [-0.4, -0.2) is 11.0 Å². The second-order valence-corrected chi connectivity index (χ2v) is 3.15. The van der Waals surface area contributed by atoms with E-state index in [9.17, 15) is 9.90 Å². The van der Waals surface area contributed by atoms with Crippen molar-refractivity contribution in [2.24, 2.45) is 5.84 Å². The minimum Gasteiger partial charge on any atom is -0.507 e. The molecular weight excluding hydrogens is 208 g/mol. The maximum absolute atomic E-state index is 11.4. The quantitative estimate of drug-likeness (QED) is 0.402. The summed E-state index contributed by atoms with van der Waals surface area (Å²) in [5.74, 6) is 4.64. The fourth-order valence-electron chi connectivity index (χ4n) is 1.46. The van der Waals surface area contributed by atoms with Crippen LogP contribution in [0.25, 0.3) is 11.1 Å². The van der Waals surface area contributed by atoms with Gasteiger partial charge >= 0.3 is 5.91 Å². The zero-order chi connectivity index (χ0) is 11.5. The number of carbonyl (C=O) groups excluding carboxylic acids is 1. The number of hydrogen-bond acceptors (Lipinski definition) is 4. The first-order valence-electron chi connectivity index (χ1n) is 4.61. The predicted octanol–water partition coefficient (Wildman–Crippen LogP) is 1.26. The summed E-state index contributed by atoms with van der Waals surface area (Å²) >= 11 is 0. The third-order valence-electron chi connectivity index (χ3n) is 2.20. The molecule has 2 rings (SSSR count). The molecule has 1 heterocycles. The van der Waals surface area contributed by atoms with Crippen molar-refractivity contribution >= 4 is 5.91 Å². The molecule has 0 aliphatic rings. The summed E-state index contributed by atoms with van der Waals surface area (Å²) in [5.41, 5.74) is 3.01. The van der Waals surface area contributed by atoms with Crippen LogP contribution < -0.4 is 11.3 Å². The number of furan rings is 1. The average Bonchev–Trinajstić information content (AvgIpc) is 2.77. The van der Waals surface area contributed by atoms with E-state index in [1.165, 1.54) is 12.3 Å². The van der Waals surface area contributed by atoms with Crippen LogP contribution in [0, 0.1) is 0 Å². The number of carbonyl (C=O) groups is 1. The van der Waals surface area contributed by atoms with E-state index >= 15 is 0 Å². The van der Waals surface area contributed by atoms with Gasteiger partial charge in [-0.3, -0.25) is 10.2 Å². The molecule has 1 aromatic carbocycles. The molecule has 0 atom stereocenters. The topological polar surface area (TPSA) is 88.5 Å². The molecule has 0 radical (unpaired) electrons. The van der Waals surface area contributed by atoms with Crippen molar-refractivity contribution in [3.63, 3.8) is 0 Å². The van der Waals surface area contributed by atoms with Crippen LogP contribution in [0.3, 0.4) is 0 Å². The van der Waals surface area contributed by atoms with Gasteiger partial charge in [0.15, 0.2) is 5.76 Å². The van der Waals surface area contributed by atoms with Gasteiger partial charge in [0.1, 0.15) is 5.75 Å². The molecule has 0 bridgehead atoms. The van der Waals surface area contributed by atoms with Crippen LogP contribution in [0.4, 0.5) is 0 Å². The zero-order valence-corrected chi connectivity index (χ0v) is 8.31. The normalized spacial score (nSPS) is 10.1. The molecule has 0 fully saturated rings. The Balaban J connectivity index is 2.53. The molecule has 2 aromatic rings. The van der Waals surface area contributed by atoms with Gasteiger partial charge in [-0.2, -0.15) is 0 Å². The van der Waals surface area contributed by atoms with Crippen molar-refractivity contribution in [3.8, 4) is 16.9 Å². The van der Waals surface area contributed by atoms with Gasteiger partial charge in [-0.25, -0.2) is 5.84 Å². The van der Waals surface area contributed by atoms with E-state index in [1.807, 2.05) is 5.43 Å². The molecule has 0 aliphatic carbocycles. The molecular formula is C11H10N2O3. The number of nitrogens with one attached hydrogen (secondary N) is 1. The lowest BCUT2D eigenvalue weighted by Crippen LogP contribution is -2.29. The molecule has 5 heteroatoms. The lowest BCUT2D eigenvalue weighted by atomic mass is 10.1. The standard InChI is InChI=1S/C11H10N2O3/c12-13-11(15)10-8(5-6-16-10)7-3-1-2-4-9(7)14/h1-6,14H,12H2,(H,13,15). The summed E-state index contributed by atoms with van der Waals surface area (Å²) in [7, 11) is 0. The van der Waals surface area contributed by atoms with Gasteiger partial charge in [0.25, 0.3) is 0 Å². The lowest BCUT2D eigenvalue weighted by molar-refractivity contribution is 0.0927. The van der Waals surface area contributed by atoms with Crippen molar-refractivity contribution in [1.82, 2.24) is 5.43 Å². The molecule has 0 saturated carbocycles. The second kappa shape index (κ2) is 4.08. The number of phenolic OH excluding ortho intramolecular Hbond substituents is 1. The highest BCUT2D eigenvalue weighted by atomic mass is 16.3. The number of aromatic hydroxyl groups is 1. The maximum atomic E-state index is 11.4. The Bertz CT molecular complexity index is 519. The number of amides is 1. The highest BCUT2D eigenvalue weighted by Gasteiger charge is 2.17. The summed E-state index contributed by atoms with van der Waals surface area (Å²) in [6.45, 7) is 0. The van der Waals surface area contributed by atoms with Crippen LogP contribution in [0.2, 0.25) is 0 Å². The number of para-hydroxylation sites is 1. The van der Waals surface area contributed by atoms with Gasteiger partial charge in [0.2, 0.25) is 0 Å². The van der Waals surface area contributed by atoms with E-state index in [2.05, 4.69) is 0 Å². The van der Waals surface area contributed by atoms with Crippen LogP contribution >= 0.6 is 0 Å². The van der Waals surface area contributed by atoms with Gasteiger partial charge in [-0.05, 0) is 12.1 Å². The Hall–Kier alpha value is -2.27. The van der Waals surface area contributed by atoms with Crippen LogP contribution in [0.5, 0.6) is 5.75 Å². The number of rotatable bonds is 2. The molecule has 1 aromatic heterocycles. The van der Waals surface area contributed by atoms with E-state index in [4.69, 9.17) is 10.3 Å². The van der Waals surface area contributed by atoms with Crippen molar-refractivity contribution in [2.45, 2.75) is 0 Å². The van der Waals surface area contributed by atoms with Crippen LogP contribution in [0.1, 0.15) is 10.6 Å². The van der Waals surface area contributed by atoms with E-state index in [-0.39, 0.29) is 11.5 Å². The Labute approximate surface area is 91.5 Å². The zero-order valence-electron chi connectivity index (χ0n) is 8.31. The predicted molar refractivity (Wildman–Crippen MR) is 57.5 cm³/mol. The summed E-state index contributed by atoms with van der Waals surface area (Å²) < 4.78 is 5.02. The molecule has 5 nitrogen and oxygen atoms in total. The minimum absolute atomic E-state index is 0.0731. The highest BCUT2D eigenvalue weighted by molar-refractivity contribution is 5.98. The maximum Gasteiger partial charge on any atom is 0.301 e. The summed E-state index contributed by atoms with van der Waals surface area (Å²) in [5, 5.41) is 9.66. The molecule has 82 valence electrons. The second-order valence-electron chi connectivity index (χ2n) is 3.15. The largest absolute Gasteiger partial charge is 0.507 e. The Kier molecular flexibility index (Phi) is 2.61. The van der Waals surface area contributed by atoms with Gasteiger partial charge in [-0.15, -0.1) is 0 Å². The fourth-order valence-corrected chi connectivity index (χ4v) is 1.46. The summed E-state index contributed by atoms with van der Waals surface area (Å²) in [6, 6.07) is 8.27. The summed E-state index contributed by atoms with van der Waals surface area (Å²) in [6.07, 6.45) is 1.37. The van der Waals surface area contributed by atoms with Gasteiger partial charge in [0, 0.05) is 11.1 Å². The number of nitrogens with two attached hydrogens (primary N) is 1. The third-order valence-corrected chi connectivity index (χ3v) is 2.20. The Morgan fingerprint density at radius 3 is 2.69 bits per heavy atom. The number of hydrazine groups is 1. The van der Waals surface area contributed by atoms with Gasteiger partial charge < -0.3 is 9.52 Å². The molecule has 0 spiro atoms. The molecule has 0 saturated heterocycles.